The summed E-state index contributed by atoms with van der Waals surface area (Å²) in [6.45, 7) is 2.69. The molecule has 1 saturated heterocycles. The maximum Gasteiger partial charge on any atom is 0.227 e. The van der Waals surface area contributed by atoms with Crippen molar-refractivity contribution in [2.45, 2.75) is 25.8 Å². The summed E-state index contributed by atoms with van der Waals surface area (Å²) in [5, 5.41) is 4.44. The molecule has 0 spiro atoms. The Kier molecular flexibility index (Phi) is 5.20. The zero-order valence-electron chi connectivity index (χ0n) is 13.4. The van der Waals surface area contributed by atoms with Crippen molar-refractivity contribution in [3.05, 3.63) is 48.4 Å². The molecule has 1 aliphatic heterocycles. The molecular formula is C18H20ClN4O-. The van der Waals surface area contributed by atoms with E-state index in [4.69, 9.17) is 14.4 Å². The van der Waals surface area contributed by atoms with Gasteiger partial charge in [-0.05, 0) is 43.5 Å². The summed E-state index contributed by atoms with van der Waals surface area (Å²) < 4.78 is 5.40. The molecule has 2 aromatic heterocycles. The highest BCUT2D eigenvalue weighted by atomic mass is 35.5. The SMILES string of the molecule is [Cl-].c1coc(CNc2nc(N3CCCCC3)nc3ccccc23)c1. The molecule has 0 saturated carbocycles. The molecule has 1 N–H and O–H groups in total. The van der Waals surface area contributed by atoms with Gasteiger partial charge < -0.3 is 27.0 Å². The van der Waals surface area contributed by atoms with Crippen molar-refractivity contribution in [3.63, 3.8) is 0 Å². The predicted octanol–water partition coefficient (Wildman–Crippen LogP) is 0.829. The number of para-hydroxylation sites is 1. The Bertz CT molecular complexity index is 785. The Hall–Kier alpha value is -2.27. The topological polar surface area (TPSA) is 54.2 Å². The van der Waals surface area contributed by atoms with Gasteiger partial charge in [-0.25, -0.2) is 4.98 Å². The summed E-state index contributed by atoms with van der Waals surface area (Å²) in [5.41, 5.74) is 0.977. The van der Waals surface area contributed by atoms with E-state index in [0.29, 0.717) is 6.54 Å². The summed E-state index contributed by atoms with van der Waals surface area (Å²) in [5.74, 6) is 2.59. The van der Waals surface area contributed by atoms with Crippen LogP contribution in [0.5, 0.6) is 0 Å². The van der Waals surface area contributed by atoms with E-state index in [1.165, 1.54) is 19.3 Å². The van der Waals surface area contributed by atoms with Crippen molar-refractivity contribution >= 4 is 22.7 Å². The summed E-state index contributed by atoms with van der Waals surface area (Å²) in [6, 6.07) is 12.0. The van der Waals surface area contributed by atoms with E-state index in [1.807, 2.05) is 30.3 Å². The smallest absolute Gasteiger partial charge is 0.227 e. The van der Waals surface area contributed by atoms with Gasteiger partial charge in [0.1, 0.15) is 11.6 Å². The first-order chi connectivity index (χ1) is 11.4. The van der Waals surface area contributed by atoms with Gasteiger partial charge in [0.15, 0.2) is 0 Å². The normalized spacial score (nSPS) is 14.4. The van der Waals surface area contributed by atoms with Crippen LogP contribution in [0.3, 0.4) is 0 Å². The van der Waals surface area contributed by atoms with Gasteiger partial charge in [0, 0.05) is 18.5 Å². The van der Waals surface area contributed by atoms with E-state index < -0.39 is 0 Å². The zero-order chi connectivity index (χ0) is 15.5. The summed E-state index contributed by atoms with van der Waals surface area (Å²) >= 11 is 0. The molecule has 0 radical (unpaired) electrons. The third-order valence-corrected chi connectivity index (χ3v) is 4.24. The predicted molar refractivity (Wildman–Crippen MR) is 91.6 cm³/mol. The summed E-state index contributed by atoms with van der Waals surface area (Å²) in [4.78, 5) is 11.8. The minimum absolute atomic E-state index is 0. The third kappa shape index (κ3) is 3.46. The quantitative estimate of drug-likeness (QED) is 0.760. The molecule has 0 unspecified atom stereocenters. The van der Waals surface area contributed by atoms with Gasteiger partial charge in [-0.3, -0.25) is 0 Å². The lowest BCUT2D eigenvalue weighted by molar-refractivity contribution is -0.00000524. The molecule has 24 heavy (non-hydrogen) atoms. The molecule has 0 aliphatic carbocycles. The number of nitrogens with one attached hydrogen (secondary N) is 1. The van der Waals surface area contributed by atoms with Gasteiger partial charge >= 0.3 is 0 Å². The number of anilines is 2. The van der Waals surface area contributed by atoms with Gasteiger partial charge in [-0.15, -0.1) is 0 Å². The van der Waals surface area contributed by atoms with E-state index in [0.717, 1.165) is 41.5 Å². The van der Waals surface area contributed by atoms with Crippen molar-refractivity contribution in [2.24, 2.45) is 0 Å². The second-order valence-electron chi connectivity index (χ2n) is 5.87. The molecule has 6 heteroatoms. The fraction of sp³-hybridized carbons (Fsp3) is 0.333. The van der Waals surface area contributed by atoms with Crippen molar-refractivity contribution in [3.8, 4) is 0 Å². The van der Waals surface area contributed by atoms with Crippen molar-refractivity contribution in [1.82, 2.24) is 9.97 Å². The molecule has 3 aromatic rings. The zero-order valence-corrected chi connectivity index (χ0v) is 14.2. The molecule has 126 valence electrons. The van der Waals surface area contributed by atoms with Crippen molar-refractivity contribution < 1.29 is 16.8 Å². The highest BCUT2D eigenvalue weighted by Gasteiger charge is 2.16. The average molecular weight is 344 g/mol. The van der Waals surface area contributed by atoms with Gasteiger partial charge in [0.2, 0.25) is 5.95 Å². The number of hydrogen-bond donors (Lipinski definition) is 1. The molecule has 1 fully saturated rings. The van der Waals surface area contributed by atoms with Crippen LogP contribution >= 0.6 is 0 Å². The van der Waals surface area contributed by atoms with Gasteiger partial charge in [0.05, 0.1) is 18.3 Å². The maximum absolute atomic E-state index is 5.40. The number of fused-ring (bicyclic) bond motifs is 1. The van der Waals surface area contributed by atoms with Crippen LogP contribution in [0.15, 0.2) is 47.1 Å². The number of rotatable bonds is 4. The fourth-order valence-electron chi connectivity index (χ4n) is 3.02. The van der Waals surface area contributed by atoms with Crippen LogP contribution in [-0.2, 0) is 6.54 Å². The van der Waals surface area contributed by atoms with E-state index in [9.17, 15) is 0 Å². The standard InChI is InChI=1S/C18H20N4O.ClH/c1-4-10-22(11-5-1)18-20-16-9-3-2-8-15(16)17(21-18)19-13-14-7-6-12-23-14;/h2-3,6-9,12H,1,4-5,10-11,13H2,(H,19,20,21);1H/p-1. The van der Waals surface area contributed by atoms with Crippen LogP contribution in [0, 0.1) is 0 Å². The first-order valence-electron chi connectivity index (χ1n) is 8.18. The van der Waals surface area contributed by atoms with Crippen molar-refractivity contribution in [2.75, 3.05) is 23.3 Å². The Labute approximate surface area is 147 Å². The number of halogens is 1. The first kappa shape index (κ1) is 16.6. The molecule has 1 aliphatic rings. The fourth-order valence-corrected chi connectivity index (χ4v) is 3.02. The number of aromatic nitrogens is 2. The Balaban J connectivity index is 0.00000169. The summed E-state index contributed by atoms with van der Waals surface area (Å²) in [7, 11) is 0. The number of benzene rings is 1. The van der Waals surface area contributed by atoms with Crippen LogP contribution in [0.4, 0.5) is 11.8 Å². The first-order valence-corrected chi connectivity index (χ1v) is 8.18. The number of piperidine rings is 1. The highest BCUT2D eigenvalue weighted by Crippen LogP contribution is 2.25. The molecule has 0 atom stereocenters. The van der Waals surface area contributed by atoms with Crippen LogP contribution in [0.2, 0.25) is 0 Å². The van der Waals surface area contributed by atoms with Gasteiger partial charge in [-0.2, -0.15) is 4.98 Å². The van der Waals surface area contributed by atoms with Gasteiger partial charge in [-0.1, -0.05) is 12.1 Å². The summed E-state index contributed by atoms with van der Waals surface area (Å²) in [6.07, 6.45) is 5.42. The monoisotopic (exact) mass is 343 g/mol. The molecule has 0 bridgehead atoms. The van der Waals surface area contributed by atoms with Crippen LogP contribution in [0.1, 0.15) is 25.0 Å². The number of nitrogens with zero attached hydrogens (tertiary/aromatic N) is 3. The average Bonchev–Trinajstić information content (AvgIpc) is 3.14. The minimum atomic E-state index is 0. The van der Waals surface area contributed by atoms with Gasteiger partial charge in [0.25, 0.3) is 0 Å². The lowest BCUT2D eigenvalue weighted by Gasteiger charge is -2.27. The third-order valence-electron chi connectivity index (χ3n) is 4.24. The van der Waals surface area contributed by atoms with E-state index >= 15 is 0 Å². The van der Waals surface area contributed by atoms with E-state index in [-0.39, 0.29) is 12.4 Å². The van der Waals surface area contributed by atoms with Crippen LogP contribution in [0.25, 0.3) is 10.9 Å². The van der Waals surface area contributed by atoms with E-state index in [1.54, 1.807) is 6.26 Å². The molecule has 0 amide bonds. The Morgan fingerprint density at radius 1 is 1.00 bits per heavy atom. The molecule has 1 aromatic carbocycles. The molecule has 3 heterocycles. The van der Waals surface area contributed by atoms with Crippen LogP contribution < -0.4 is 22.6 Å². The Morgan fingerprint density at radius 3 is 2.62 bits per heavy atom. The largest absolute Gasteiger partial charge is 1.00 e. The lowest BCUT2D eigenvalue weighted by atomic mass is 10.1. The molecule has 4 rings (SSSR count). The Morgan fingerprint density at radius 2 is 1.83 bits per heavy atom. The minimum Gasteiger partial charge on any atom is -1.00 e. The number of hydrogen-bond acceptors (Lipinski definition) is 5. The molecule has 5 nitrogen and oxygen atoms in total. The maximum atomic E-state index is 5.40. The van der Waals surface area contributed by atoms with Crippen molar-refractivity contribution in [1.29, 1.82) is 0 Å². The number of furan rings is 1. The molecular weight excluding hydrogens is 324 g/mol. The van der Waals surface area contributed by atoms with Crippen LogP contribution in [-0.4, -0.2) is 23.1 Å². The van der Waals surface area contributed by atoms with E-state index in [2.05, 4.69) is 16.3 Å². The second-order valence-corrected chi connectivity index (χ2v) is 5.87. The second kappa shape index (κ2) is 7.53. The lowest BCUT2D eigenvalue weighted by Crippen LogP contribution is -3.00. The highest BCUT2D eigenvalue weighted by molar-refractivity contribution is 5.90.